The van der Waals surface area contributed by atoms with Crippen LogP contribution < -0.4 is 0 Å². The maximum atomic E-state index is 13.6. The van der Waals surface area contributed by atoms with E-state index in [0.717, 1.165) is 18.2 Å². The van der Waals surface area contributed by atoms with E-state index in [9.17, 15) is 13.6 Å². The second-order valence-corrected chi connectivity index (χ2v) is 4.90. The average Bonchev–Trinajstić information content (AvgIpc) is 2.34. The summed E-state index contributed by atoms with van der Waals surface area (Å²) >= 11 is 8.96. The molecule has 0 fully saturated rings. The van der Waals surface area contributed by atoms with E-state index in [1.165, 1.54) is 18.2 Å². The van der Waals surface area contributed by atoms with Crippen molar-refractivity contribution in [2.75, 3.05) is 0 Å². The lowest BCUT2D eigenvalue weighted by Crippen LogP contribution is -2.05. The summed E-state index contributed by atoms with van der Waals surface area (Å²) in [5.74, 6) is -1.93. The normalized spacial score (nSPS) is 10.4. The lowest BCUT2D eigenvalue weighted by molar-refractivity contribution is 0.103. The Morgan fingerprint density at radius 1 is 1.06 bits per heavy atom. The largest absolute Gasteiger partial charge is 0.288 e. The van der Waals surface area contributed by atoms with E-state index in [1.54, 1.807) is 0 Å². The van der Waals surface area contributed by atoms with Crippen LogP contribution in [0.25, 0.3) is 0 Å². The highest BCUT2D eigenvalue weighted by Gasteiger charge is 2.17. The van der Waals surface area contributed by atoms with Crippen LogP contribution in [0.2, 0.25) is 5.02 Å². The van der Waals surface area contributed by atoms with Crippen LogP contribution in [-0.4, -0.2) is 5.78 Å². The molecule has 0 unspecified atom stereocenters. The summed E-state index contributed by atoms with van der Waals surface area (Å²) in [6.07, 6.45) is 0. The minimum absolute atomic E-state index is 0.0614. The van der Waals surface area contributed by atoms with Gasteiger partial charge in [0.2, 0.25) is 0 Å². The Kier molecular flexibility index (Phi) is 3.78. The van der Waals surface area contributed by atoms with Gasteiger partial charge in [-0.25, -0.2) is 8.78 Å². The molecule has 0 aliphatic carbocycles. The maximum Gasteiger partial charge on any atom is 0.197 e. The van der Waals surface area contributed by atoms with Crippen molar-refractivity contribution in [3.05, 3.63) is 68.7 Å². The van der Waals surface area contributed by atoms with Gasteiger partial charge >= 0.3 is 0 Å². The van der Waals surface area contributed by atoms with Crippen LogP contribution in [0.3, 0.4) is 0 Å². The van der Waals surface area contributed by atoms with Crippen molar-refractivity contribution in [1.29, 1.82) is 0 Å². The highest BCUT2D eigenvalue weighted by atomic mass is 79.9. The fraction of sp³-hybridized carbons (Fsp3) is 0. The summed E-state index contributed by atoms with van der Waals surface area (Å²) < 4.78 is 27.2. The molecular weight excluding hydrogens is 325 g/mol. The molecule has 2 aromatic rings. The Morgan fingerprint density at radius 3 is 2.50 bits per heavy atom. The van der Waals surface area contributed by atoms with Gasteiger partial charge in [0.05, 0.1) is 10.6 Å². The van der Waals surface area contributed by atoms with Crippen molar-refractivity contribution in [2.45, 2.75) is 0 Å². The zero-order chi connectivity index (χ0) is 13.3. The van der Waals surface area contributed by atoms with Gasteiger partial charge in [0.25, 0.3) is 0 Å². The SMILES string of the molecule is O=C(c1cc(Br)ccc1F)c1cc(F)ccc1Cl. The number of hydrogen-bond donors (Lipinski definition) is 0. The molecule has 1 nitrogen and oxygen atoms in total. The second-order valence-electron chi connectivity index (χ2n) is 3.58. The standard InChI is InChI=1S/C13H6BrClF2O/c14-7-1-4-12(17)10(5-7)13(18)9-6-8(16)2-3-11(9)15/h1-6H. The molecule has 0 aromatic heterocycles. The van der Waals surface area contributed by atoms with Crippen LogP contribution in [0.5, 0.6) is 0 Å². The minimum atomic E-state index is -0.677. The van der Waals surface area contributed by atoms with Crippen LogP contribution >= 0.6 is 27.5 Å². The molecule has 18 heavy (non-hydrogen) atoms. The molecule has 0 saturated carbocycles. The summed E-state index contributed by atoms with van der Waals surface area (Å²) in [6.45, 7) is 0. The Morgan fingerprint density at radius 2 is 1.78 bits per heavy atom. The van der Waals surface area contributed by atoms with Gasteiger partial charge in [-0.3, -0.25) is 4.79 Å². The molecule has 0 heterocycles. The molecule has 5 heteroatoms. The van der Waals surface area contributed by atoms with E-state index in [1.807, 2.05) is 0 Å². The second kappa shape index (κ2) is 5.16. The smallest absolute Gasteiger partial charge is 0.197 e. The van der Waals surface area contributed by atoms with Gasteiger partial charge in [-0.05, 0) is 36.4 Å². The lowest BCUT2D eigenvalue weighted by Gasteiger charge is -2.05. The monoisotopic (exact) mass is 330 g/mol. The van der Waals surface area contributed by atoms with Crippen molar-refractivity contribution in [3.8, 4) is 0 Å². The molecule has 0 bridgehead atoms. The highest BCUT2D eigenvalue weighted by Crippen LogP contribution is 2.23. The van der Waals surface area contributed by atoms with Crippen molar-refractivity contribution in [3.63, 3.8) is 0 Å². The quantitative estimate of drug-likeness (QED) is 0.734. The summed E-state index contributed by atoms with van der Waals surface area (Å²) in [5, 5.41) is 0.0841. The summed E-state index contributed by atoms with van der Waals surface area (Å²) in [5.41, 5.74) is -0.217. The zero-order valence-electron chi connectivity index (χ0n) is 8.88. The fourth-order valence-electron chi connectivity index (χ4n) is 1.49. The molecule has 2 rings (SSSR count). The third kappa shape index (κ3) is 2.60. The van der Waals surface area contributed by atoms with Crippen LogP contribution in [-0.2, 0) is 0 Å². The van der Waals surface area contributed by atoms with E-state index < -0.39 is 17.4 Å². The van der Waals surface area contributed by atoms with Crippen LogP contribution in [0.15, 0.2) is 40.9 Å². The molecule has 0 atom stereocenters. The van der Waals surface area contributed by atoms with Gasteiger partial charge in [0, 0.05) is 10.0 Å². The van der Waals surface area contributed by atoms with Crippen molar-refractivity contribution < 1.29 is 13.6 Å². The third-order valence-electron chi connectivity index (χ3n) is 2.35. The number of carbonyl (C=O) groups is 1. The zero-order valence-corrected chi connectivity index (χ0v) is 11.2. The van der Waals surface area contributed by atoms with E-state index in [4.69, 9.17) is 11.6 Å². The predicted octanol–water partition coefficient (Wildman–Crippen LogP) is 4.61. The summed E-state index contributed by atoms with van der Waals surface area (Å²) in [4.78, 5) is 12.1. The topological polar surface area (TPSA) is 17.1 Å². The van der Waals surface area contributed by atoms with Gasteiger partial charge in [-0.1, -0.05) is 27.5 Å². The molecule has 0 saturated heterocycles. The van der Waals surface area contributed by atoms with E-state index in [-0.39, 0.29) is 16.1 Å². The van der Waals surface area contributed by atoms with Gasteiger partial charge in [0.1, 0.15) is 11.6 Å². The van der Waals surface area contributed by atoms with Gasteiger partial charge in [-0.15, -0.1) is 0 Å². The van der Waals surface area contributed by atoms with Gasteiger partial charge in [0.15, 0.2) is 5.78 Å². The molecular formula is C13H6BrClF2O. The molecule has 0 spiro atoms. The first-order valence-electron chi connectivity index (χ1n) is 4.94. The van der Waals surface area contributed by atoms with E-state index in [0.29, 0.717) is 4.47 Å². The molecule has 0 aliphatic rings. The average molecular weight is 332 g/mol. The number of ketones is 1. The highest BCUT2D eigenvalue weighted by molar-refractivity contribution is 9.10. The Bertz CT molecular complexity index is 575. The van der Waals surface area contributed by atoms with Crippen molar-refractivity contribution >= 4 is 33.3 Å². The van der Waals surface area contributed by atoms with Gasteiger partial charge < -0.3 is 0 Å². The first-order valence-corrected chi connectivity index (χ1v) is 6.11. The van der Waals surface area contributed by atoms with Crippen LogP contribution in [0.4, 0.5) is 8.78 Å². The van der Waals surface area contributed by atoms with Gasteiger partial charge in [-0.2, -0.15) is 0 Å². The molecule has 0 N–H and O–H groups in total. The number of rotatable bonds is 2. The maximum absolute atomic E-state index is 13.6. The Labute approximate surface area is 116 Å². The third-order valence-corrected chi connectivity index (χ3v) is 3.17. The first kappa shape index (κ1) is 13.2. The Hall–Kier alpha value is -1.26. The number of hydrogen-bond acceptors (Lipinski definition) is 1. The number of benzene rings is 2. The molecule has 0 amide bonds. The molecule has 0 aliphatic heterocycles. The number of carbonyl (C=O) groups excluding carboxylic acids is 1. The molecule has 2 aromatic carbocycles. The summed E-state index contributed by atoms with van der Waals surface area (Å²) in [6, 6.07) is 7.35. The van der Waals surface area contributed by atoms with Crippen molar-refractivity contribution in [1.82, 2.24) is 0 Å². The van der Waals surface area contributed by atoms with E-state index >= 15 is 0 Å². The molecule has 92 valence electrons. The van der Waals surface area contributed by atoms with E-state index in [2.05, 4.69) is 15.9 Å². The summed E-state index contributed by atoms with van der Waals surface area (Å²) in [7, 11) is 0. The minimum Gasteiger partial charge on any atom is -0.288 e. The van der Waals surface area contributed by atoms with Crippen molar-refractivity contribution in [2.24, 2.45) is 0 Å². The number of halogens is 4. The lowest BCUT2D eigenvalue weighted by atomic mass is 10.0. The van der Waals surface area contributed by atoms with Crippen LogP contribution in [0, 0.1) is 11.6 Å². The first-order chi connectivity index (χ1) is 8.49. The van der Waals surface area contributed by atoms with Crippen LogP contribution in [0.1, 0.15) is 15.9 Å². The fourth-order valence-corrected chi connectivity index (χ4v) is 2.05. The predicted molar refractivity (Wildman–Crippen MR) is 68.9 cm³/mol. The molecule has 0 radical (unpaired) electrons. The Balaban J connectivity index is 2.54.